The Hall–Kier alpha value is -0.580. The molecule has 2 saturated heterocycles. The molecule has 116 valence electrons. The Balaban J connectivity index is 1.46. The quantitative estimate of drug-likeness (QED) is 0.844. The van der Waals surface area contributed by atoms with Crippen LogP contribution in [0.5, 0.6) is 0 Å². The van der Waals surface area contributed by atoms with E-state index in [0.29, 0.717) is 0 Å². The number of likely N-dealkylation sites (tertiary alicyclic amines) is 2. The monoisotopic (exact) mass is 351 g/mol. The molecule has 2 fully saturated rings. The topological polar surface area (TPSA) is 32.5 Å². The van der Waals surface area contributed by atoms with Gasteiger partial charge in [0.1, 0.15) is 0 Å². The summed E-state index contributed by atoms with van der Waals surface area (Å²) >= 11 is 3.47. The van der Waals surface area contributed by atoms with Crippen LogP contribution in [-0.2, 0) is 6.54 Å². The smallest absolute Gasteiger partial charge is 0.0371 e. The van der Waals surface area contributed by atoms with Crippen LogP contribution in [0.1, 0.15) is 31.2 Å². The minimum Gasteiger partial charge on any atom is -0.398 e. The van der Waals surface area contributed by atoms with Gasteiger partial charge >= 0.3 is 0 Å². The van der Waals surface area contributed by atoms with Crippen LogP contribution in [0.15, 0.2) is 22.7 Å². The third-order valence-corrected chi connectivity index (χ3v) is 5.42. The fraction of sp³-hybridized carbons (Fsp3) is 0.647. The lowest BCUT2D eigenvalue weighted by Gasteiger charge is -2.34. The van der Waals surface area contributed by atoms with Crippen molar-refractivity contribution in [3.05, 3.63) is 28.2 Å². The van der Waals surface area contributed by atoms with Gasteiger partial charge in [-0.15, -0.1) is 0 Å². The zero-order chi connectivity index (χ0) is 14.7. The summed E-state index contributed by atoms with van der Waals surface area (Å²) in [5, 5.41) is 0. The molecule has 3 nitrogen and oxygen atoms in total. The Labute approximate surface area is 136 Å². The van der Waals surface area contributed by atoms with Crippen molar-refractivity contribution in [2.75, 3.05) is 38.5 Å². The third kappa shape index (κ3) is 4.21. The van der Waals surface area contributed by atoms with E-state index in [-0.39, 0.29) is 0 Å². The number of nitrogen functional groups attached to an aromatic ring is 1. The second kappa shape index (κ2) is 7.12. The molecule has 0 unspecified atom stereocenters. The first kappa shape index (κ1) is 15.3. The highest BCUT2D eigenvalue weighted by molar-refractivity contribution is 9.10. The van der Waals surface area contributed by atoms with Crippen LogP contribution in [0.4, 0.5) is 5.69 Å². The standard InChI is InChI=1S/C17H26BrN3/c18-16-4-3-15(17(19)11-16)13-21-9-5-14(6-10-21)12-20-7-1-2-8-20/h3-4,11,14H,1-2,5-10,12-13,19H2. The van der Waals surface area contributed by atoms with E-state index in [4.69, 9.17) is 5.73 Å². The van der Waals surface area contributed by atoms with Crippen molar-refractivity contribution in [2.24, 2.45) is 5.92 Å². The Bertz CT molecular complexity index is 463. The summed E-state index contributed by atoms with van der Waals surface area (Å²) in [5.41, 5.74) is 8.28. The van der Waals surface area contributed by atoms with Crippen LogP contribution in [0.2, 0.25) is 0 Å². The van der Waals surface area contributed by atoms with Crippen molar-refractivity contribution < 1.29 is 0 Å². The highest BCUT2D eigenvalue weighted by atomic mass is 79.9. The van der Waals surface area contributed by atoms with Gasteiger partial charge in [-0.2, -0.15) is 0 Å². The molecule has 2 aliphatic heterocycles. The molecule has 21 heavy (non-hydrogen) atoms. The molecule has 0 amide bonds. The molecule has 0 spiro atoms. The number of anilines is 1. The lowest BCUT2D eigenvalue weighted by Crippen LogP contribution is -2.37. The van der Waals surface area contributed by atoms with Gasteiger partial charge in [0.2, 0.25) is 0 Å². The van der Waals surface area contributed by atoms with E-state index in [1.54, 1.807) is 0 Å². The van der Waals surface area contributed by atoms with Crippen LogP contribution in [0, 0.1) is 5.92 Å². The van der Waals surface area contributed by atoms with E-state index in [2.05, 4.69) is 37.9 Å². The highest BCUT2D eigenvalue weighted by Crippen LogP contribution is 2.24. The number of rotatable bonds is 4. The first-order valence-corrected chi connectivity index (χ1v) is 8.98. The van der Waals surface area contributed by atoms with Crippen molar-refractivity contribution >= 4 is 21.6 Å². The van der Waals surface area contributed by atoms with Crippen molar-refractivity contribution in [1.82, 2.24) is 9.80 Å². The molecule has 2 heterocycles. The van der Waals surface area contributed by atoms with Crippen molar-refractivity contribution in [3.8, 4) is 0 Å². The number of hydrogen-bond acceptors (Lipinski definition) is 3. The summed E-state index contributed by atoms with van der Waals surface area (Å²) in [6.07, 6.45) is 5.49. The molecule has 0 aromatic heterocycles. The molecule has 0 radical (unpaired) electrons. The van der Waals surface area contributed by atoms with Gasteiger partial charge in [0.25, 0.3) is 0 Å². The Kier molecular flexibility index (Phi) is 5.19. The summed E-state index contributed by atoms with van der Waals surface area (Å²) in [4.78, 5) is 5.22. The average Bonchev–Trinajstić information content (AvgIpc) is 2.97. The molecular formula is C17H26BrN3. The van der Waals surface area contributed by atoms with Crippen molar-refractivity contribution in [1.29, 1.82) is 0 Å². The van der Waals surface area contributed by atoms with Gasteiger partial charge in [0.15, 0.2) is 0 Å². The number of halogens is 1. The molecule has 0 bridgehead atoms. The number of nitrogens with two attached hydrogens (primary N) is 1. The third-order valence-electron chi connectivity index (χ3n) is 4.92. The number of benzene rings is 1. The van der Waals surface area contributed by atoms with E-state index >= 15 is 0 Å². The lowest BCUT2D eigenvalue weighted by atomic mass is 9.96. The molecule has 3 rings (SSSR count). The summed E-state index contributed by atoms with van der Waals surface area (Å²) in [5.74, 6) is 0.904. The number of piperidine rings is 1. The maximum atomic E-state index is 6.11. The fourth-order valence-electron chi connectivity index (χ4n) is 3.61. The minimum atomic E-state index is 0.904. The molecule has 2 N–H and O–H groups in total. The first-order valence-electron chi connectivity index (χ1n) is 8.19. The Morgan fingerprint density at radius 1 is 1.05 bits per heavy atom. The van der Waals surface area contributed by atoms with Crippen molar-refractivity contribution in [3.63, 3.8) is 0 Å². The molecule has 1 aromatic rings. The van der Waals surface area contributed by atoms with E-state index in [9.17, 15) is 0 Å². The van der Waals surface area contributed by atoms with Gasteiger partial charge in [-0.25, -0.2) is 0 Å². The lowest BCUT2D eigenvalue weighted by molar-refractivity contribution is 0.149. The second-order valence-electron chi connectivity index (χ2n) is 6.57. The molecule has 1 aromatic carbocycles. The average molecular weight is 352 g/mol. The zero-order valence-electron chi connectivity index (χ0n) is 12.7. The maximum absolute atomic E-state index is 6.11. The fourth-order valence-corrected chi connectivity index (χ4v) is 3.99. The van der Waals surface area contributed by atoms with Crippen molar-refractivity contribution in [2.45, 2.75) is 32.2 Å². The van der Waals surface area contributed by atoms with Crippen LogP contribution in [-0.4, -0.2) is 42.5 Å². The van der Waals surface area contributed by atoms with Gasteiger partial charge in [-0.1, -0.05) is 22.0 Å². The molecule has 0 aliphatic carbocycles. The minimum absolute atomic E-state index is 0.904. The normalized spacial score (nSPS) is 22.0. The predicted octanol–water partition coefficient (Wildman–Crippen LogP) is 3.34. The van der Waals surface area contributed by atoms with Gasteiger partial charge in [0, 0.05) is 23.2 Å². The first-order chi connectivity index (χ1) is 10.2. The van der Waals surface area contributed by atoms with E-state index in [1.807, 2.05) is 6.07 Å². The molecule has 0 atom stereocenters. The summed E-state index contributed by atoms with van der Waals surface area (Å²) < 4.78 is 1.06. The maximum Gasteiger partial charge on any atom is 0.0371 e. The van der Waals surface area contributed by atoms with Gasteiger partial charge < -0.3 is 10.6 Å². The predicted molar refractivity (Wildman–Crippen MR) is 92.2 cm³/mol. The molecule has 0 saturated carbocycles. The van der Waals surface area contributed by atoms with E-state index in [1.165, 1.54) is 64.0 Å². The largest absolute Gasteiger partial charge is 0.398 e. The second-order valence-corrected chi connectivity index (χ2v) is 7.49. The zero-order valence-corrected chi connectivity index (χ0v) is 14.3. The van der Waals surface area contributed by atoms with Gasteiger partial charge in [-0.05, 0) is 75.5 Å². The van der Waals surface area contributed by atoms with E-state index < -0.39 is 0 Å². The van der Waals surface area contributed by atoms with Gasteiger partial charge in [0.05, 0.1) is 0 Å². The summed E-state index contributed by atoms with van der Waals surface area (Å²) in [7, 11) is 0. The molecule has 4 heteroatoms. The van der Waals surface area contributed by atoms with E-state index in [0.717, 1.165) is 22.6 Å². The summed E-state index contributed by atoms with van der Waals surface area (Å²) in [6, 6.07) is 6.25. The molecular weight excluding hydrogens is 326 g/mol. The number of hydrogen-bond donors (Lipinski definition) is 1. The molecule has 2 aliphatic rings. The van der Waals surface area contributed by atoms with Crippen LogP contribution in [0.25, 0.3) is 0 Å². The summed E-state index contributed by atoms with van der Waals surface area (Å²) in [6.45, 7) is 7.41. The number of nitrogens with zero attached hydrogens (tertiary/aromatic N) is 2. The Morgan fingerprint density at radius 2 is 1.76 bits per heavy atom. The van der Waals surface area contributed by atoms with Crippen LogP contribution >= 0.6 is 15.9 Å². The SMILES string of the molecule is Nc1cc(Br)ccc1CN1CCC(CN2CCCC2)CC1. The van der Waals surface area contributed by atoms with Crippen LogP contribution < -0.4 is 5.73 Å². The highest BCUT2D eigenvalue weighted by Gasteiger charge is 2.23. The van der Waals surface area contributed by atoms with Gasteiger partial charge in [-0.3, -0.25) is 4.90 Å². The Morgan fingerprint density at radius 3 is 2.43 bits per heavy atom. The van der Waals surface area contributed by atoms with Crippen LogP contribution in [0.3, 0.4) is 0 Å².